The van der Waals surface area contributed by atoms with Crippen LogP contribution in [0, 0.1) is 11.8 Å². The number of carbonyl (C=O) groups excluding carboxylic acids is 2. The van der Waals surface area contributed by atoms with Gasteiger partial charge in [0.1, 0.15) is 5.60 Å². The van der Waals surface area contributed by atoms with Gasteiger partial charge < -0.3 is 14.2 Å². The number of hydrogen-bond donors (Lipinski definition) is 0. The van der Waals surface area contributed by atoms with Crippen LogP contribution in [-0.2, 0) is 23.8 Å². The van der Waals surface area contributed by atoms with Crippen molar-refractivity contribution in [3.8, 4) is 0 Å². The van der Waals surface area contributed by atoms with E-state index in [-0.39, 0.29) is 0 Å². The van der Waals surface area contributed by atoms with Crippen LogP contribution in [0.1, 0.15) is 40.0 Å². The van der Waals surface area contributed by atoms with Gasteiger partial charge in [-0.25, -0.2) is 0 Å². The Labute approximate surface area is 114 Å². The van der Waals surface area contributed by atoms with Gasteiger partial charge in [0.15, 0.2) is 5.92 Å². The third-order valence-electron chi connectivity index (χ3n) is 3.09. The van der Waals surface area contributed by atoms with Gasteiger partial charge in [0, 0.05) is 13.2 Å². The van der Waals surface area contributed by atoms with Crippen LogP contribution < -0.4 is 0 Å². The Morgan fingerprint density at radius 1 is 1.21 bits per heavy atom. The number of esters is 2. The average Bonchev–Trinajstić information content (AvgIpc) is 2.34. The molecule has 1 fully saturated rings. The molecular formula is C14H24O5. The topological polar surface area (TPSA) is 61.8 Å². The Kier molecular flexibility index (Phi) is 5.79. The van der Waals surface area contributed by atoms with Crippen LogP contribution >= 0.6 is 0 Å². The lowest BCUT2D eigenvalue weighted by Gasteiger charge is -2.27. The summed E-state index contributed by atoms with van der Waals surface area (Å²) < 4.78 is 15.3. The fraction of sp³-hybridized carbons (Fsp3) is 0.857. The van der Waals surface area contributed by atoms with E-state index in [0.717, 1.165) is 12.8 Å². The average molecular weight is 272 g/mol. The summed E-state index contributed by atoms with van der Waals surface area (Å²) in [5.74, 6) is -1.52. The zero-order chi connectivity index (χ0) is 14.5. The molecule has 0 amide bonds. The lowest BCUT2D eigenvalue weighted by molar-refractivity contribution is -0.169. The van der Waals surface area contributed by atoms with Gasteiger partial charge in [0.05, 0.1) is 7.11 Å². The molecule has 0 saturated carbocycles. The summed E-state index contributed by atoms with van der Waals surface area (Å²) >= 11 is 0. The van der Waals surface area contributed by atoms with Gasteiger partial charge in [-0.15, -0.1) is 0 Å². The van der Waals surface area contributed by atoms with E-state index in [4.69, 9.17) is 14.2 Å². The van der Waals surface area contributed by atoms with Crippen molar-refractivity contribution in [3.63, 3.8) is 0 Å². The van der Waals surface area contributed by atoms with Crippen molar-refractivity contribution < 1.29 is 23.8 Å². The van der Waals surface area contributed by atoms with E-state index in [1.165, 1.54) is 7.11 Å². The summed E-state index contributed by atoms with van der Waals surface area (Å²) in [7, 11) is 1.30. The monoisotopic (exact) mass is 272 g/mol. The maximum absolute atomic E-state index is 12.1. The summed E-state index contributed by atoms with van der Waals surface area (Å²) in [5, 5.41) is 0. The molecule has 1 aliphatic heterocycles. The molecule has 0 unspecified atom stereocenters. The van der Waals surface area contributed by atoms with Crippen LogP contribution in [0.25, 0.3) is 0 Å². The van der Waals surface area contributed by atoms with Crippen LogP contribution in [-0.4, -0.2) is 37.9 Å². The molecule has 0 N–H and O–H groups in total. The Hall–Kier alpha value is -1.10. The Balaban J connectivity index is 2.65. The maximum Gasteiger partial charge on any atom is 0.320 e. The molecule has 1 heterocycles. The first-order chi connectivity index (χ1) is 8.83. The van der Waals surface area contributed by atoms with Crippen LogP contribution in [0.15, 0.2) is 0 Å². The second-order valence-electron chi connectivity index (χ2n) is 5.90. The fourth-order valence-electron chi connectivity index (χ4n) is 2.12. The highest BCUT2D eigenvalue weighted by molar-refractivity contribution is 5.95. The highest BCUT2D eigenvalue weighted by atomic mass is 16.6. The minimum atomic E-state index is -0.827. The molecule has 5 heteroatoms. The lowest BCUT2D eigenvalue weighted by Crippen LogP contribution is -2.35. The number of rotatable bonds is 4. The maximum atomic E-state index is 12.1. The smallest absolute Gasteiger partial charge is 0.320 e. The number of methoxy groups -OCH3 is 1. The van der Waals surface area contributed by atoms with E-state index >= 15 is 0 Å². The first-order valence-corrected chi connectivity index (χ1v) is 6.72. The number of hydrogen-bond acceptors (Lipinski definition) is 5. The summed E-state index contributed by atoms with van der Waals surface area (Å²) in [6.07, 6.45) is 2.22. The zero-order valence-electron chi connectivity index (χ0n) is 12.2. The molecule has 1 aliphatic rings. The van der Waals surface area contributed by atoms with E-state index in [1.54, 1.807) is 20.8 Å². The largest absolute Gasteiger partial charge is 0.468 e. The van der Waals surface area contributed by atoms with E-state index in [1.807, 2.05) is 0 Å². The lowest BCUT2D eigenvalue weighted by atomic mass is 9.89. The molecule has 0 spiro atoms. The van der Waals surface area contributed by atoms with Gasteiger partial charge in [0.25, 0.3) is 0 Å². The molecule has 1 atom stereocenters. The van der Waals surface area contributed by atoms with Gasteiger partial charge in [-0.2, -0.15) is 0 Å². The van der Waals surface area contributed by atoms with Crippen molar-refractivity contribution in [2.45, 2.75) is 45.6 Å². The summed E-state index contributed by atoms with van der Waals surface area (Å²) in [4.78, 5) is 23.8. The Morgan fingerprint density at radius 3 is 2.26 bits per heavy atom. The minimum absolute atomic E-state index is 0.311. The molecule has 0 aromatic rings. The van der Waals surface area contributed by atoms with Crippen LogP contribution in [0.4, 0.5) is 0 Å². The number of ether oxygens (including phenoxy) is 3. The predicted molar refractivity (Wildman–Crippen MR) is 69.5 cm³/mol. The van der Waals surface area contributed by atoms with Crippen molar-refractivity contribution in [3.05, 3.63) is 0 Å². The molecule has 0 radical (unpaired) electrons. The summed E-state index contributed by atoms with van der Waals surface area (Å²) in [6, 6.07) is 0. The normalized spacial score (nSPS) is 18.7. The highest BCUT2D eigenvalue weighted by Crippen LogP contribution is 2.25. The highest BCUT2D eigenvalue weighted by Gasteiger charge is 2.34. The fourth-order valence-corrected chi connectivity index (χ4v) is 2.12. The first kappa shape index (κ1) is 16.0. The van der Waals surface area contributed by atoms with E-state index in [2.05, 4.69) is 0 Å². The molecule has 1 saturated heterocycles. The molecule has 1 rings (SSSR count). The second-order valence-corrected chi connectivity index (χ2v) is 5.90. The van der Waals surface area contributed by atoms with Gasteiger partial charge >= 0.3 is 11.9 Å². The molecular weight excluding hydrogens is 248 g/mol. The first-order valence-electron chi connectivity index (χ1n) is 6.72. The third-order valence-corrected chi connectivity index (χ3v) is 3.09. The molecule has 110 valence electrons. The molecule has 0 aromatic carbocycles. The van der Waals surface area contributed by atoms with Crippen LogP contribution in [0.3, 0.4) is 0 Å². The van der Waals surface area contributed by atoms with Gasteiger partial charge in [-0.05, 0) is 46.0 Å². The van der Waals surface area contributed by atoms with E-state index < -0.39 is 23.5 Å². The van der Waals surface area contributed by atoms with Crippen LogP contribution in [0.2, 0.25) is 0 Å². The molecule has 5 nitrogen and oxygen atoms in total. The second kappa shape index (κ2) is 6.89. The summed E-state index contributed by atoms with van der Waals surface area (Å²) in [5.41, 5.74) is -0.598. The Morgan fingerprint density at radius 2 is 1.79 bits per heavy atom. The van der Waals surface area contributed by atoms with Crippen molar-refractivity contribution in [1.29, 1.82) is 0 Å². The van der Waals surface area contributed by atoms with Gasteiger partial charge in [-0.3, -0.25) is 9.59 Å². The molecule has 0 bridgehead atoms. The SMILES string of the molecule is COC(=O)[C@@H](CC1CCOCC1)C(=O)OC(C)(C)C. The van der Waals surface area contributed by atoms with Crippen LogP contribution in [0.5, 0.6) is 0 Å². The zero-order valence-corrected chi connectivity index (χ0v) is 12.2. The van der Waals surface area contributed by atoms with Gasteiger partial charge in [0.2, 0.25) is 0 Å². The predicted octanol–water partition coefficient (Wildman–Crippen LogP) is 1.93. The van der Waals surface area contributed by atoms with Crippen molar-refractivity contribution in [2.24, 2.45) is 11.8 Å². The quantitative estimate of drug-likeness (QED) is 0.578. The third kappa shape index (κ3) is 5.59. The Bertz CT molecular complexity index is 312. The van der Waals surface area contributed by atoms with Gasteiger partial charge in [-0.1, -0.05) is 0 Å². The van der Waals surface area contributed by atoms with Crippen molar-refractivity contribution in [1.82, 2.24) is 0 Å². The molecule has 19 heavy (non-hydrogen) atoms. The molecule has 0 aliphatic carbocycles. The van der Waals surface area contributed by atoms with Crippen molar-refractivity contribution >= 4 is 11.9 Å². The molecule has 0 aromatic heterocycles. The number of carbonyl (C=O) groups is 2. The summed E-state index contributed by atoms with van der Waals surface area (Å²) in [6.45, 7) is 6.73. The van der Waals surface area contributed by atoms with E-state index in [9.17, 15) is 9.59 Å². The van der Waals surface area contributed by atoms with Crippen molar-refractivity contribution in [2.75, 3.05) is 20.3 Å². The standard InChI is InChI=1S/C14H24O5/c1-14(2,3)19-13(16)11(12(15)17-4)9-10-5-7-18-8-6-10/h10-11H,5-9H2,1-4H3/t11-/m1/s1. The minimum Gasteiger partial charge on any atom is -0.468 e. The van der Waals surface area contributed by atoms with E-state index in [0.29, 0.717) is 25.6 Å².